The first-order valence-corrected chi connectivity index (χ1v) is 5.36. The SMILES string of the molecule is NC(=O)/C=C\C(=O)OC1CCCCCC1. The molecule has 1 rings (SSSR count). The molecule has 0 aromatic carbocycles. The van der Waals surface area contributed by atoms with Crippen molar-refractivity contribution in [3.63, 3.8) is 0 Å². The topological polar surface area (TPSA) is 69.4 Å². The van der Waals surface area contributed by atoms with Gasteiger partial charge in [0.1, 0.15) is 6.10 Å². The Kier molecular flexibility index (Phi) is 4.87. The maximum atomic E-state index is 11.2. The van der Waals surface area contributed by atoms with Crippen LogP contribution >= 0.6 is 0 Å². The fraction of sp³-hybridized carbons (Fsp3) is 0.636. The molecule has 1 amide bonds. The largest absolute Gasteiger partial charge is 0.459 e. The number of esters is 1. The molecule has 1 aliphatic carbocycles. The standard InChI is InChI=1S/C11H17NO3/c12-10(13)7-8-11(14)15-9-5-3-1-2-4-6-9/h7-9H,1-6H2,(H2,12,13)/b8-7-. The lowest BCUT2D eigenvalue weighted by molar-refractivity contribution is -0.143. The summed E-state index contributed by atoms with van der Waals surface area (Å²) >= 11 is 0. The Morgan fingerprint density at radius 2 is 1.67 bits per heavy atom. The van der Waals surface area contributed by atoms with Gasteiger partial charge in [-0.1, -0.05) is 12.8 Å². The molecule has 0 atom stereocenters. The van der Waals surface area contributed by atoms with Gasteiger partial charge in [-0.25, -0.2) is 4.79 Å². The Balaban J connectivity index is 2.32. The number of primary amides is 1. The smallest absolute Gasteiger partial charge is 0.331 e. The van der Waals surface area contributed by atoms with E-state index in [2.05, 4.69) is 0 Å². The van der Waals surface area contributed by atoms with Crippen LogP contribution in [0.2, 0.25) is 0 Å². The Morgan fingerprint density at radius 3 is 2.20 bits per heavy atom. The molecule has 0 spiro atoms. The maximum Gasteiger partial charge on any atom is 0.331 e. The number of rotatable bonds is 3. The fourth-order valence-electron chi connectivity index (χ4n) is 1.71. The summed E-state index contributed by atoms with van der Waals surface area (Å²) in [4.78, 5) is 21.6. The van der Waals surface area contributed by atoms with Crippen molar-refractivity contribution in [3.05, 3.63) is 12.2 Å². The van der Waals surface area contributed by atoms with Crippen LogP contribution in [0.3, 0.4) is 0 Å². The Hall–Kier alpha value is -1.32. The highest BCUT2D eigenvalue weighted by molar-refractivity contribution is 5.93. The Morgan fingerprint density at radius 1 is 1.07 bits per heavy atom. The van der Waals surface area contributed by atoms with E-state index in [4.69, 9.17) is 10.5 Å². The normalized spacial score (nSPS) is 18.7. The number of hydrogen-bond acceptors (Lipinski definition) is 3. The highest BCUT2D eigenvalue weighted by Crippen LogP contribution is 2.19. The van der Waals surface area contributed by atoms with Gasteiger partial charge in [0.25, 0.3) is 0 Å². The van der Waals surface area contributed by atoms with E-state index >= 15 is 0 Å². The van der Waals surface area contributed by atoms with Crippen molar-refractivity contribution in [3.8, 4) is 0 Å². The van der Waals surface area contributed by atoms with Crippen molar-refractivity contribution >= 4 is 11.9 Å². The lowest BCUT2D eigenvalue weighted by Gasteiger charge is -2.13. The van der Waals surface area contributed by atoms with Gasteiger partial charge >= 0.3 is 5.97 Å². The zero-order valence-electron chi connectivity index (χ0n) is 8.78. The van der Waals surface area contributed by atoms with Crippen LogP contribution < -0.4 is 5.73 Å². The van der Waals surface area contributed by atoms with Crippen molar-refractivity contribution in [2.75, 3.05) is 0 Å². The van der Waals surface area contributed by atoms with Gasteiger partial charge in [0.15, 0.2) is 0 Å². The van der Waals surface area contributed by atoms with Crippen LogP contribution in [0.5, 0.6) is 0 Å². The van der Waals surface area contributed by atoms with E-state index in [0.717, 1.165) is 37.8 Å². The molecule has 4 nitrogen and oxygen atoms in total. The molecule has 0 aromatic heterocycles. The van der Waals surface area contributed by atoms with Gasteiger partial charge in [-0.2, -0.15) is 0 Å². The molecule has 0 aliphatic heterocycles. The second-order valence-corrected chi connectivity index (χ2v) is 3.79. The minimum atomic E-state index is -0.632. The summed E-state index contributed by atoms with van der Waals surface area (Å²) in [6.45, 7) is 0. The van der Waals surface area contributed by atoms with Crippen LogP contribution in [0.1, 0.15) is 38.5 Å². The average Bonchev–Trinajstić information content (AvgIpc) is 2.43. The van der Waals surface area contributed by atoms with E-state index in [1.807, 2.05) is 0 Å². The van der Waals surface area contributed by atoms with E-state index in [9.17, 15) is 9.59 Å². The van der Waals surface area contributed by atoms with E-state index in [1.165, 1.54) is 12.8 Å². The molecular formula is C11H17NO3. The van der Waals surface area contributed by atoms with Gasteiger partial charge in [-0.05, 0) is 25.7 Å². The first-order chi connectivity index (χ1) is 7.18. The number of hydrogen-bond donors (Lipinski definition) is 1. The zero-order valence-corrected chi connectivity index (χ0v) is 8.78. The lowest BCUT2D eigenvalue weighted by atomic mass is 10.1. The Labute approximate surface area is 89.5 Å². The lowest BCUT2D eigenvalue weighted by Crippen LogP contribution is -2.16. The summed E-state index contributed by atoms with van der Waals surface area (Å²) in [5.41, 5.74) is 4.87. The Bertz CT molecular complexity index is 253. The van der Waals surface area contributed by atoms with Crippen LogP contribution in [0.25, 0.3) is 0 Å². The summed E-state index contributed by atoms with van der Waals surface area (Å²) < 4.78 is 5.19. The van der Waals surface area contributed by atoms with Crippen LogP contribution in [0.15, 0.2) is 12.2 Å². The average molecular weight is 211 g/mol. The summed E-state index contributed by atoms with van der Waals surface area (Å²) in [6, 6.07) is 0. The second-order valence-electron chi connectivity index (χ2n) is 3.79. The monoisotopic (exact) mass is 211 g/mol. The van der Waals surface area contributed by atoms with E-state index in [-0.39, 0.29) is 6.10 Å². The number of amides is 1. The second kappa shape index (κ2) is 6.22. The molecule has 0 aromatic rings. The highest BCUT2D eigenvalue weighted by Gasteiger charge is 2.15. The van der Waals surface area contributed by atoms with Crippen LogP contribution in [-0.2, 0) is 14.3 Å². The minimum Gasteiger partial charge on any atom is -0.459 e. The number of carbonyl (C=O) groups excluding carboxylic acids is 2. The summed E-state index contributed by atoms with van der Waals surface area (Å²) in [6.07, 6.45) is 8.63. The summed E-state index contributed by atoms with van der Waals surface area (Å²) in [5.74, 6) is -1.10. The first-order valence-electron chi connectivity index (χ1n) is 5.36. The summed E-state index contributed by atoms with van der Waals surface area (Å²) in [7, 11) is 0. The van der Waals surface area contributed by atoms with Gasteiger partial charge in [-0.3, -0.25) is 4.79 Å². The van der Waals surface area contributed by atoms with Gasteiger partial charge in [0.05, 0.1) is 0 Å². The van der Waals surface area contributed by atoms with Gasteiger partial charge in [0, 0.05) is 12.2 Å². The van der Waals surface area contributed by atoms with Crippen molar-refractivity contribution < 1.29 is 14.3 Å². The molecule has 1 aliphatic rings. The van der Waals surface area contributed by atoms with Crippen LogP contribution in [-0.4, -0.2) is 18.0 Å². The molecule has 0 bridgehead atoms. The molecule has 0 radical (unpaired) electrons. The van der Waals surface area contributed by atoms with Gasteiger partial charge in [0.2, 0.25) is 5.91 Å². The zero-order chi connectivity index (χ0) is 11.1. The quantitative estimate of drug-likeness (QED) is 0.434. The third kappa shape index (κ3) is 5.20. The molecule has 1 fully saturated rings. The molecule has 15 heavy (non-hydrogen) atoms. The van der Waals surface area contributed by atoms with Crippen LogP contribution in [0, 0.1) is 0 Å². The third-order valence-electron chi connectivity index (χ3n) is 2.47. The van der Waals surface area contributed by atoms with Crippen molar-refractivity contribution in [2.24, 2.45) is 5.73 Å². The summed E-state index contributed by atoms with van der Waals surface area (Å²) in [5, 5.41) is 0. The van der Waals surface area contributed by atoms with E-state index < -0.39 is 11.9 Å². The molecule has 84 valence electrons. The van der Waals surface area contributed by atoms with Crippen LogP contribution in [0.4, 0.5) is 0 Å². The highest BCUT2D eigenvalue weighted by atomic mass is 16.5. The number of nitrogens with two attached hydrogens (primary N) is 1. The predicted octanol–water partition coefficient (Wildman–Crippen LogP) is 1.29. The molecule has 1 saturated carbocycles. The maximum absolute atomic E-state index is 11.2. The molecule has 2 N–H and O–H groups in total. The molecule has 4 heteroatoms. The first kappa shape index (κ1) is 11.8. The molecule has 0 saturated heterocycles. The van der Waals surface area contributed by atoms with Gasteiger partial charge in [-0.15, -0.1) is 0 Å². The molecule has 0 unspecified atom stereocenters. The van der Waals surface area contributed by atoms with Gasteiger partial charge < -0.3 is 10.5 Å². The number of carbonyl (C=O) groups is 2. The van der Waals surface area contributed by atoms with Crippen molar-refractivity contribution in [1.82, 2.24) is 0 Å². The third-order valence-corrected chi connectivity index (χ3v) is 2.47. The van der Waals surface area contributed by atoms with Crippen molar-refractivity contribution in [1.29, 1.82) is 0 Å². The number of ether oxygens (including phenoxy) is 1. The van der Waals surface area contributed by atoms with E-state index in [1.54, 1.807) is 0 Å². The molecule has 0 heterocycles. The minimum absolute atomic E-state index is 0.0116. The predicted molar refractivity (Wildman–Crippen MR) is 55.9 cm³/mol. The van der Waals surface area contributed by atoms with E-state index in [0.29, 0.717) is 0 Å². The molecular weight excluding hydrogens is 194 g/mol. The van der Waals surface area contributed by atoms with Crippen molar-refractivity contribution in [2.45, 2.75) is 44.6 Å². The fourth-order valence-corrected chi connectivity index (χ4v) is 1.71.